The quantitative estimate of drug-likeness (QED) is 0.706. The van der Waals surface area contributed by atoms with Gasteiger partial charge in [0.2, 0.25) is 6.79 Å². The first kappa shape index (κ1) is 16.4. The maximum Gasteiger partial charge on any atom is 0.255 e. The molecule has 1 aliphatic rings. The van der Waals surface area contributed by atoms with Crippen LogP contribution in [0.15, 0.2) is 47.8 Å². The molecule has 2 aromatic carbocycles. The second kappa shape index (κ2) is 7.05. The Bertz CT molecular complexity index is 937. The molecule has 7 heteroatoms. The summed E-state index contributed by atoms with van der Waals surface area (Å²) >= 11 is 1.58. The fourth-order valence-corrected chi connectivity index (χ4v) is 3.39. The molecular formula is C19H17N3O3S. The van der Waals surface area contributed by atoms with Crippen LogP contribution in [-0.4, -0.2) is 24.2 Å². The van der Waals surface area contributed by atoms with Gasteiger partial charge < -0.3 is 20.1 Å². The van der Waals surface area contributed by atoms with Gasteiger partial charge in [-0.2, -0.15) is 0 Å². The van der Waals surface area contributed by atoms with E-state index < -0.39 is 0 Å². The molecule has 26 heavy (non-hydrogen) atoms. The summed E-state index contributed by atoms with van der Waals surface area (Å²) < 4.78 is 10.6. The van der Waals surface area contributed by atoms with E-state index in [0.29, 0.717) is 17.1 Å². The second-order valence-corrected chi connectivity index (χ2v) is 6.53. The maximum absolute atomic E-state index is 12.4. The van der Waals surface area contributed by atoms with E-state index in [2.05, 4.69) is 15.6 Å². The molecule has 1 aliphatic heterocycles. The molecule has 0 aliphatic carbocycles. The van der Waals surface area contributed by atoms with Gasteiger partial charge in [0, 0.05) is 28.7 Å². The number of anilines is 2. The normalized spacial score (nSPS) is 12.0. The Balaban J connectivity index is 1.46. The summed E-state index contributed by atoms with van der Waals surface area (Å²) in [5.74, 6) is 1.05. The molecule has 0 fully saturated rings. The van der Waals surface area contributed by atoms with Crippen LogP contribution in [0.4, 0.5) is 10.8 Å². The van der Waals surface area contributed by atoms with Crippen molar-refractivity contribution in [1.82, 2.24) is 4.98 Å². The first-order chi connectivity index (χ1) is 12.7. The lowest BCUT2D eigenvalue weighted by molar-refractivity contribution is 0.102. The fraction of sp³-hybridized carbons (Fsp3) is 0.158. The second-order valence-electron chi connectivity index (χ2n) is 5.67. The van der Waals surface area contributed by atoms with Crippen molar-refractivity contribution in [2.24, 2.45) is 0 Å². The van der Waals surface area contributed by atoms with E-state index >= 15 is 0 Å². The van der Waals surface area contributed by atoms with Crippen LogP contribution in [0.3, 0.4) is 0 Å². The Morgan fingerprint density at radius 2 is 1.96 bits per heavy atom. The van der Waals surface area contributed by atoms with Gasteiger partial charge in [0.15, 0.2) is 16.6 Å². The molecule has 6 nitrogen and oxygen atoms in total. The number of fused-ring (bicyclic) bond motifs is 1. The van der Waals surface area contributed by atoms with Crippen LogP contribution >= 0.6 is 11.3 Å². The third kappa shape index (κ3) is 3.34. The van der Waals surface area contributed by atoms with Gasteiger partial charge in [0.05, 0.1) is 5.69 Å². The number of ether oxygens (including phenoxy) is 2. The zero-order valence-corrected chi connectivity index (χ0v) is 14.9. The predicted octanol–water partition coefficient (Wildman–Crippen LogP) is 4.22. The van der Waals surface area contributed by atoms with Crippen LogP contribution in [0.25, 0.3) is 11.3 Å². The van der Waals surface area contributed by atoms with E-state index in [1.54, 1.807) is 29.5 Å². The molecule has 2 heterocycles. The lowest BCUT2D eigenvalue weighted by Crippen LogP contribution is -2.11. The minimum atomic E-state index is -0.195. The Morgan fingerprint density at radius 3 is 2.77 bits per heavy atom. The fourth-order valence-electron chi connectivity index (χ4n) is 2.60. The lowest BCUT2D eigenvalue weighted by Gasteiger charge is -2.07. The highest BCUT2D eigenvalue weighted by Crippen LogP contribution is 2.32. The number of carbonyl (C=O) groups excluding carboxylic acids is 1. The zero-order valence-electron chi connectivity index (χ0n) is 14.1. The molecule has 3 aromatic rings. The van der Waals surface area contributed by atoms with Gasteiger partial charge in [-0.15, -0.1) is 11.3 Å². The van der Waals surface area contributed by atoms with E-state index in [-0.39, 0.29) is 12.7 Å². The number of amides is 1. The summed E-state index contributed by atoms with van der Waals surface area (Å²) in [6.45, 7) is 3.07. The number of nitrogens with one attached hydrogen (secondary N) is 2. The van der Waals surface area contributed by atoms with Crippen LogP contribution in [0.1, 0.15) is 17.3 Å². The number of carbonyl (C=O) groups is 1. The van der Waals surface area contributed by atoms with Crippen LogP contribution in [0.5, 0.6) is 11.5 Å². The lowest BCUT2D eigenvalue weighted by atomic mass is 10.1. The van der Waals surface area contributed by atoms with Crippen molar-refractivity contribution in [3.63, 3.8) is 0 Å². The molecule has 0 spiro atoms. The van der Waals surface area contributed by atoms with Crippen molar-refractivity contribution in [1.29, 1.82) is 0 Å². The van der Waals surface area contributed by atoms with Crippen molar-refractivity contribution in [3.05, 3.63) is 53.4 Å². The van der Waals surface area contributed by atoms with Gasteiger partial charge in [-0.3, -0.25) is 4.79 Å². The summed E-state index contributed by atoms with van der Waals surface area (Å²) in [5.41, 5.74) is 3.16. The Labute approximate surface area is 154 Å². The zero-order chi connectivity index (χ0) is 17.9. The average Bonchev–Trinajstić information content (AvgIpc) is 3.31. The summed E-state index contributed by atoms with van der Waals surface area (Å²) in [6.07, 6.45) is 0. The number of hydrogen-bond donors (Lipinski definition) is 2. The first-order valence-corrected chi connectivity index (χ1v) is 9.12. The van der Waals surface area contributed by atoms with Gasteiger partial charge in [-0.05, 0) is 37.3 Å². The number of rotatable bonds is 5. The van der Waals surface area contributed by atoms with E-state index in [1.165, 1.54) is 0 Å². The molecule has 0 bridgehead atoms. The van der Waals surface area contributed by atoms with E-state index in [1.807, 2.05) is 36.6 Å². The highest BCUT2D eigenvalue weighted by Gasteiger charge is 2.16. The summed E-state index contributed by atoms with van der Waals surface area (Å²) in [5, 5.41) is 9.01. The molecule has 0 atom stereocenters. The number of thiazole rings is 1. The molecule has 1 amide bonds. The number of benzene rings is 2. The van der Waals surface area contributed by atoms with Crippen molar-refractivity contribution in [3.8, 4) is 22.8 Å². The number of aromatic nitrogens is 1. The predicted molar refractivity (Wildman–Crippen MR) is 102 cm³/mol. The number of nitrogens with zero attached hydrogens (tertiary/aromatic N) is 1. The standard InChI is InChI=1S/C19H17N3O3S/c1-2-20-19-22-15(10-26-19)12-3-6-14(7-4-12)21-18(23)13-5-8-16-17(9-13)25-11-24-16/h3-10H,2,11H2,1H3,(H,20,22)(H,21,23). The molecule has 0 saturated carbocycles. The molecule has 1 aromatic heterocycles. The summed E-state index contributed by atoms with van der Waals surface area (Å²) in [6, 6.07) is 12.8. The molecule has 2 N–H and O–H groups in total. The third-order valence-corrected chi connectivity index (χ3v) is 4.71. The van der Waals surface area contributed by atoms with Crippen molar-refractivity contribution >= 4 is 28.1 Å². The first-order valence-electron chi connectivity index (χ1n) is 8.24. The van der Waals surface area contributed by atoms with Crippen molar-refractivity contribution < 1.29 is 14.3 Å². The van der Waals surface area contributed by atoms with Gasteiger partial charge in [-0.1, -0.05) is 12.1 Å². The molecular weight excluding hydrogens is 350 g/mol. The Kier molecular flexibility index (Phi) is 4.45. The Morgan fingerprint density at radius 1 is 1.15 bits per heavy atom. The van der Waals surface area contributed by atoms with Gasteiger partial charge in [0.25, 0.3) is 5.91 Å². The summed E-state index contributed by atoms with van der Waals surface area (Å²) in [4.78, 5) is 17.0. The van der Waals surface area contributed by atoms with Gasteiger partial charge in [0.1, 0.15) is 0 Å². The minimum absolute atomic E-state index is 0.188. The van der Waals surface area contributed by atoms with Crippen LogP contribution in [0, 0.1) is 0 Å². The Hall–Kier alpha value is -3.06. The van der Waals surface area contributed by atoms with Gasteiger partial charge >= 0.3 is 0 Å². The maximum atomic E-state index is 12.4. The van der Waals surface area contributed by atoms with Crippen LogP contribution < -0.4 is 20.1 Å². The SMILES string of the molecule is CCNc1nc(-c2ccc(NC(=O)c3ccc4c(c3)OCO4)cc2)cs1. The summed E-state index contributed by atoms with van der Waals surface area (Å²) in [7, 11) is 0. The van der Waals surface area contributed by atoms with Crippen LogP contribution in [-0.2, 0) is 0 Å². The van der Waals surface area contributed by atoms with Gasteiger partial charge in [-0.25, -0.2) is 4.98 Å². The average molecular weight is 367 g/mol. The largest absolute Gasteiger partial charge is 0.454 e. The van der Waals surface area contributed by atoms with Crippen molar-refractivity contribution in [2.45, 2.75) is 6.92 Å². The molecule has 4 rings (SSSR count). The van der Waals surface area contributed by atoms with Crippen LogP contribution in [0.2, 0.25) is 0 Å². The third-order valence-electron chi connectivity index (χ3n) is 3.91. The molecule has 0 radical (unpaired) electrons. The minimum Gasteiger partial charge on any atom is -0.454 e. The molecule has 0 saturated heterocycles. The van der Waals surface area contributed by atoms with E-state index in [4.69, 9.17) is 9.47 Å². The highest BCUT2D eigenvalue weighted by molar-refractivity contribution is 7.14. The highest BCUT2D eigenvalue weighted by atomic mass is 32.1. The molecule has 0 unspecified atom stereocenters. The smallest absolute Gasteiger partial charge is 0.255 e. The van der Waals surface area contributed by atoms with E-state index in [9.17, 15) is 4.79 Å². The monoisotopic (exact) mass is 367 g/mol. The van der Waals surface area contributed by atoms with Crippen molar-refractivity contribution in [2.75, 3.05) is 24.0 Å². The number of hydrogen-bond acceptors (Lipinski definition) is 6. The topological polar surface area (TPSA) is 72.5 Å². The molecule has 132 valence electrons. The van der Waals surface area contributed by atoms with E-state index in [0.717, 1.165) is 28.6 Å².